The maximum Gasteiger partial charge on any atom is 0.151 e. The Morgan fingerprint density at radius 2 is 2.29 bits per heavy atom. The lowest BCUT2D eigenvalue weighted by atomic mass is 10.2. The van der Waals surface area contributed by atoms with Crippen LogP contribution in [0.15, 0.2) is 31.3 Å². The summed E-state index contributed by atoms with van der Waals surface area (Å²) < 4.78 is 6.57. The van der Waals surface area contributed by atoms with Gasteiger partial charge in [-0.1, -0.05) is 0 Å². The number of furan rings is 1. The predicted molar refractivity (Wildman–Crippen MR) is 60.3 cm³/mol. The van der Waals surface area contributed by atoms with Crippen LogP contribution in [0.25, 0.3) is 0 Å². The summed E-state index contributed by atoms with van der Waals surface area (Å²) in [5.41, 5.74) is 1.67. The summed E-state index contributed by atoms with van der Waals surface area (Å²) in [6.45, 7) is 0. The molecule has 0 bridgehead atoms. The van der Waals surface area contributed by atoms with Crippen molar-refractivity contribution in [2.75, 3.05) is 0 Å². The molecule has 0 fully saturated rings. The van der Waals surface area contributed by atoms with E-state index in [2.05, 4.69) is 36.8 Å². The molecule has 6 heteroatoms. The van der Waals surface area contributed by atoms with Crippen LogP contribution in [0.3, 0.4) is 0 Å². The topological polar surface area (TPSA) is 46.3 Å². The molecule has 74 valence electrons. The predicted octanol–water partition coefficient (Wildman–Crippen LogP) is 3.34. The monoisotopic (exact) mass is 337 g/mol. The first-order valence-electron chi connectivity index (χ1n) is 3.70. The van der Waals surface area contributed by atoms with Gasteiger partial charge < -0.3 is 9.52 Å². The molecule has 14 heavy (non-hydrogen) atoms. The van der Waals surface area contributed by atoms with Gasteiger partial charge in [0.2, 0.25) is 0 Å². The SMILES string of the molecule is OC(c1occc1Br)c1scnc1Br. The second-order valence-electron chi connectivity index (χ2n) is 2.54. The van der Waals surface area contributed by atoms with E-state index >= 15 is 0 Å². The van der Waals surface area contributed by atoms with E-state index in [9.17, 15) is 5.11 Å². The van der Waals surface area contributed by atoms with Gasteiger partial charge in [-0.3, -0.25) is 0 Å². The molecule has 0 aliphatic carbocycles. The van der Waals surface area contributed by atoms with Crippen LogP contribution in [0.5, 0.6) is 0 Å². The highest BCUT2D eigenvalue weighted by atomic mass is 79.9. The molecule has 0 radical (unpaired) electrons. The average molecular weight is 339 g/mol. The second kappa shape index (κ2) is 4.14. The highest BCUT2D eigenvalue weighted by molar-refractivity contribution is 9.10. The zero-order valence-corrected chi connectivity index (χ0v) is 10.8. The lowest BCUT2D eigenvalue weighted by Gasteiger charge is -2.05. The van der Waals surface area contributed by atoms with Crippen molar-refractivity contribution >= 4 is 43.2 Å². The number of aliphatic hydroxyl groups is 1. The van der Waals surface area contributed by atoms with Gasteiger partial charge in [-0.25, -0.2) is 4.98 Å². The van der Waals surface area contributed by atoms with Crippen molar-refractivity contribution in [3.05, 3.63) is 37.6 Å². The third-order valence-electron chi connectivity index (χ3n) is 1.69. The van der Waals surface area contributed by atoms with E-state index in [1.165, 1.54) is 17.6 Å². The standard InChI is InChI=1S/C8H5Br2NO2S/c9-4-1-2-13-6(4)5(12)7-8(10)11-3-14-7/h1-3,5,12H. The van der Waals surface area contributed by atoms with Gasteiger partial charge in [0.05, 0.1) is 21.1 Å². The fourth-order valence-corrected chi connectivity index (χ4v) is 2.85. The Morgan fingerprint density at radius 1 is 1.50 bits per heavy atom. The van der Waals surface area contributed by atoms with Crippen molar-refractivity contribution in [2.24, 2.45) is 0 Å². The van der Waals surface area contributed by atoms with Gasteiger partial charge >= 0.3 is 0 Å². The van der Waals surface area contributed by atoms with Gasteiger partial charge in [-0.05, 0) is 37.9 Å². The fraction of sp³-hybridized carbons (Fsp3) is 0.125. The average Bonchev–Trinajstić information content (AvgIpc) is 2.73. The molecule has 1 atom stereocenters. The number of aromatic nitrogens is 1. The molecule has 0 saturated heterocycles. The molecule has 0 spiro atoms. The van der Waals surface area contributed by atoms with Crippen molar-refractivity contribution in [3.8, 4) is 0 Å². The Morgan fingerprint density at radius 3 is 2.79 bits per heavy atom. The Balaban J connectivity index is 2.38. The highest BCUT2D eigenvalue weighted by Crippen LogP contribution is 2.34. The number of thiazole rings is 1. The van der Waals surface area contributed by atoms with Crippen molar-refractivity contribution in [3.63, 3.8) is 0 Å². The number of rotatable bonds is 2. The van der Waals surface area contributed by atoms with Crippen LogP contribution < -0.4 is 0 Å². The van der Waals surface area contributed by atoms with Crippen molar-refractivity contribution in [1.29, 1.82) is 0 Å². The number of hydrogen-bond donors (Lipinski definition) is 1. The Kier molecular flexibility index (Phi) is 3.06. The summed E-state index contributed by atoms with van der Waals surface area (Å²) >= 11 is 7.93. The maximum absolute atomic E-state index is 9.95. The Bertz CT molecular complexity index is 400. The van der Waals surface area contributed by atoms with Crippen molar-refractivity contribution < 1.29 is 9.52 Å². The van der Waals surface area contributed by atoms with E-state index in [1.807, 2.05) is 0 Å². The minimum absolute atomic E-state index is 0.495. The van der Waals surface area contributed by atoms with Crippen LogP contribution in [0.1, 0.15) is 16.7 Å². The zero-order chi connectivity index (χ0) is 10.1. The van der Waals surface area contributed by atoms with Gasteiger partial charge in [-0.15, -0.1) is 11.3 Å². The number of aliphatic hydroxyl groups excluding tert-OH is 1. The maximum atomic E-state index is 9.95. The van der Waals surface area contributed by atoms with E-state index in [0.29, 0.717) is 10.4 Å². The van der Waals surface area contributed by atoms with E-state index < -0.39 is 6.10 Å². The van der Waals surface area contributed by atoms with Gasteiger partial charge in [0, 0.05) is 0 Å². The third-order valence-corrected chi connectivity index (χ3v) is 4.12. The van der Waals surface area contributed by atoms with Crippen LogP contribution in [-0.4, -0.2) is 10.1 Å². The molecule has 2 aromatic heterocycles. The van der Waals surface area contributed by atoms with Gasteiger partial charge in [0.15, 0.2) is 5.76 Å². The summed E-state index contributed by atoms with van der Waals surface area (Å²) in [4.78, 5) is 4.73. The van der Waals surface area contributed by atoms with E-state index in [1.54, 1.807) is 11.6 Å². The largest absolute Gasteiger partial charge is 0.465 e. The van der Waals surface area contributed by atoms with E-state index in [0.717, 1.165) is 9.35 Å². The summed E-state index contributed by atoms with van der Waals surface area (Å²) in [6.07, 6.45) is 0.749. The summed E-state index contributed by atoms with van der Waals surface area (Å²) in [7, 11) is 0. The third kappa shape index (κ3) is 1.79. The van der Waals surface area contributed by atoms with Crippen LogP contribution in [-0.2, 0) is 0 Å². The Hall–Kier alpha value is -0.170. The molecule has 3 nitrogen and oxygen atoms in total. The Labute approximate surface area is 101 Å². The normalized spacial score (nSPS) is 13.1. The highest BCUT2D eigenvalue weighted by Gasteiger charge is 2.21. The molecular formula is C8H5Br2NO2S. The zero-order valence-electron chi connectivity index (χ0n) is 6.78. The van der Waals surface area contributed by atoms with Crippen LogP contribution >= 0.6 is 43.2 Å². The second-order valence-corrected chi connectivity index (χ2v) is 5.03. The lowest BCUT2D eigenvalue weighted by molar-refractivity contribution is 0.191. The van der Waals surface area contributed by atoms with Gasteiger partial charge in [0.25, 0.3) is 0 Å². The first-order valence-corrected chi connectivity index (χ1v) is 6.16. The molecule has 2 rings (SSSR count). The van der Waals surface area contributed by atoms with Gasteiger partial charge in [0.1, 0.15) is 10.7 Å². The van der Waals surface area contributed by atoms with E-state index in [-0.39, 0.29) is 0 Å². The molecule has 0 aliphatic heterocycles. The molecule has 1 unspecified atom stereocenters. The number of nitrogens with zero attached hydrogens (tertiary/aromatic N) is 1. The molecule has 0 amide bonds. The number of hydrogen-bond acceptors (Lipinski definition) is 4. The van der Waals surface area contributed by atoms with Crippen LogP contribution in [0.4, 0.5) is 0 Å². The molecular weight excluding hydrogens is 334 g/mol. The van der Waals surface area contributed by atoms with Crippen LogP contribution in [0, 0.1) is 0 Å². The quantitative estimate of drug-likeness (QED) is 0.913. The van der Waals surface area contributed by atoms with Crippen LogP contribution in [0.2, 0.25) is 0 Å². The van der Waals surface area contributed by atoms with Crippen molar-refractivity contribution in [2.45, 2.75) is 6.10 Å². The minimum atomic E-state index is -0.777. The molecule has 0 aliphatic rings. The fourth-order valence-electron chi connectivity index (χ4n) is 1.04. The molecule has 0 aromatic carbocycles. The molecule has 2 heterocycles. The lowest BCUT2D eigenvalue weighted by Crippen LogP contribution is -1.96. The summed E-state index contributed by atoms with van der Waals surface area (Å²) in [5, 5.41) is 9.95. The molecule has 2 aromatic rings. The van der Waals surface area contributed by atoms with Crippen molar-refractivity contribution in [1.82, 2.24) is 4.98 Å². The van der Waals surface area contributed by atoms with E-state index in [4.69, 9.17) is 4.42 Å². The first-order chi connectivity index (χ1) is 6.70. The smallest absolute Gasteiger partial charge is 0.151 e. The summed E-state index contributed by atoms with van der Waals surface area (Å²) in [5.74, 6) is 0.495. The first kappa shape index (κ1) is 10.4. The molecule has 1 N–H and O–H groups in total. The number of halogens is 2. The molecule has 0 saturated carbocycles. The van der Waals surface area contributed by atoms with Gasteiger partial charge in [-0.2, -0.15) is 0 Å². The summed E-state index contributed by atoms with van der Waals surface area (Å²) in [6, 6.07) is 1.74. The minimum Gasteiger partial charge on any atom is -0.465 e.